The van der Waals surface area contributed by atoms with Crippen LogP contribution in [-0.2, 0) is 0 Å². The molecule has 0 fully saturated rings. The van der Waals surface area contributed by atoms with Gasteiger partial charge in [0, 0.05) is 30.1 Å². The first-order chi connectivity index (χ1) is 13.3. The van der Waals surface area contributed by atoms with Crippen LogP contribution in [0.15, 0.2) is 42.5 Å². The maximum Gasteiger partial charge on any atom is 0.323 e. The van der Waals surface area contributed by atoms with E-state index in [2.05, 4.69) is 10.6 Å². The number of nitrogens with one attached hydrogen (secondary N) is 2. The van der Waals surface area contributed by atoms with Gasteiger partial charge in [0.1, 0.15) is 0 Å². The number of imide groups is 1. The maximum atomic E-state index is 12.5. The Kier molecular flexibility index (Phi) is 5.08. The Hall–Kier alpha value is -3.75. The normalized spacial score (nSPS) is 12.9. The van der Waals surface area contributed by atoms with Crippen molar-refractivity contribution in [3.8, 4) is 0 Å². The van der Waals surface area contributed by atoms with Gasteiger partial charge in [0.25, 0.3) is 17.5 Å². The number of hydrogen-bond donors (Lipinski definition) is 2. The van der Waals surface area contributed by atoms with E-state index in [4.69, 9.17) is 0 Å². The van der Waals surface area contributed by atoms with Crippen molar-refractivity contribution >= 4 is 34.9 Å². The first-order valence-corrected chi connectivity index (χ1v) is 8.59. The fourth-order valence-electron chi connectivity index (χ4n) is 2.89. The molecule has 3 rings (SSSR count). The van der Waals surface area contributed by atoms with Crippen molar-refractivity contribution in [3.63, 3.8) is 0 Å². The Balaban J connectivity index is 1.73. The van der Waals surface area contributed by atoms with Crippen molar-refractivity contribution in [1.29, 1.82) is 0 Å². The number of nitro benzene ring substituents is 1. The molecular weight excluding hydrogens is 364 g/mol. The van der Waals surface area contributed by atoms with Gasteiger partial charge in [-0.25, -0.2) is 4.79 Å². The number of rotatable bonds is 5. The molecule has 9 heteroatoms. The van der Waals surface area contributed by atoms with Crippen LogP contribution in [-0.4, -0.2) is 34.2 Å². The molecule has 144 valence electrons. The van der Waals surface area contributed by atoms with Gasteiger partial charge in [0.15, 0.2) is 0 Å². The lowest BCUT2D eigenvalue weighted by molar-refractivity contribution is -0.384. The van der Waals surface area contributed by atoms with Gasteiger partial charge in [-0.2, -0.15) is 0 Å². The summed E-state index contributed by atoms with van der Waals surface area (Å²) in [6.45, 7) is 4.14. The summed E-state index contributed by atoms with van der Waals surface area (Å²) >= 11 is 0. The zero-order valence-corrected chi connectivity index (χ0v) is 15.3. The number of hydrogen-bond acceptors (Lipinski definition) is 5. The number of carbonyl (C=O) groups excluding carboxylic acids is 3. The van der Waals surface area contributed by atoms with E-state index in [0.717, 1.165) is 0 Å². The number of carbonyl (C=O) groups is 3. The average molecular weight is 382 g/mol. The summed E-state index contributed by atoms with van der Waals surface area (Å²) in [5, 5.41) is 15.9. The smallest absolute Gasteiger partial charge is 0.308 e. The first kappa shape index (κ1) is 19.0. The van der Waals surface area contributed by atoms with Crippen LogP contribution >= 0.6 is 0 Å². The quantitative estimate of drug-likeness (QED) is 0.466. The van der Waals surface area contributed by atoms with Crippen molar-refractivity contribution in [2.24, 2.45) is 5.92 Å². The minimum absolute atomic E-state index is 0.139. The van der Waals surface area contributed by atoms with Crippen LogP contribution in [0.5, 0.6) is 0 Å². The lowest BCUT2D eigenvalue weighted by Gasteiger charge is -2.15. The van der Waals surface area contributed by atoms with Crippen molar-refractivity contribution < 1.29 is 19.3 Å². The molecule has 2 aromatic rings. The van der Waals surface area contributed by atoms with Crippen LogP contribution in [0, 0.1) is 16.0 Å². The molecule has 0 aromatic heterocycles. The molecule has 4 amide bonds. The Morgan fingerprint density at radius 2 is 1.68 bits per heavy atom. The number of benzene rings is 2. The van der Waals surface area contributed by atoms with E-state index in [1.54, 1.807) is 0 Å². The zero-order chi connectivity index (χ0) is 20.4. The number of urea groups is 1. The van der Waals surface area contributed by atoms with Crippen LogP contribution in [0.25, 0.3) is 0 Å². The lowest BCUT2D eigenvalue weighted by atomic mass is 10.1. The number of nitro groups is 1. The molecule has 0 saturated carbocycles. The third-order valence-electron chi connectivity index (χ3n) is 4.09. The Bertz CT molecular complexity index is 986. The highest BCUT2D eigenvalue weighted by atomic mass is 16.6. The number of fused-ring (bicyclic) bond motifs is 1. The molecule has 0 unspecified atom stereocenters. The zero-order valence-electron chi connectivity index (χ0n) is 15.3. The number of non-ortho nitro benzene ring substituents is 1. The van der Waals surface area contributed by atoms with E-state index in [9.17, 15) is 24.5 Å². The predicted octanol–water partition coefficient (Wildman–Crippen LogP) is 3.49. The van der Waals surface area contributed by atoms with Crippen LogP contribution in [0.4, 0.5) is 21.9 Å². The highest BCUT2D eigenvalue weighted by Crippen LogP contribution is 2.26. The summed E-state index contributed by atoms with van der Waals surface area (Å²) in [7, 11) is 0. The second-order valence-electron chi connectivity index (χ2n) is 6.76. The van der Waals surface area contributed by atoms with E-state index in [1.807, 2.05) is 13.8 Å². The minimum atomic E-state index is -0.628. The van der Waals surface area contributed by atoms with E-state index in [0.29, 0.717) is 17.8 Å². The predicted molar refractivity (Wildman–Crippen MR) is 102 cm³/mol. The first-order valence-electron chi connectivity index (χ1n) is 8.59. The van der Waals surface area contributed by atoms with Crippen LogP contribution in [0.1, 0.15) is 34.6 Å². The number of amides is 4. The molecule has 1 aliphatic rings. The largest absolute Gasteiger partial charge is 0.323 e. The van der Waals surface area contributed by atoms with Gasteiger partial charge in [-0.05, 0) is 30.2 Å². The maximum absolute atomic E-state index is 12.5. The van der Waals surface area contributed by atoms with Gasteiger partial charge in [-0.15, -0.1) is 0 Å². The third-order valence-corrected chi connectivity index (χ3v) is 4.09. The molecule has 0 spiro atoms. The fourth-order valence-corrected chi connectivity index (χ4v) is 2.89. The van der Waals surface area contributed by atoms with Crippen LogP contribution < -0.4 is 10.6 Å². The SMILES string of the molecule is CC(C)CN1C(=O)c2ccc(NC(=O)Nc3cccc([N+](=O)[O-])c3)cc2C1=O. The number of anilines is 2. The second kappa shape index (κ2) is 7.47. The molecule has 2 aromatic carbocycles. The molecule has 1 aliphatic heterocycles. The molecule has 0 saturated heterocycles. The van der Waals surface area contributed by atoms with E-state index in [-0.39, 0.29) is 28.8 Å². The van der Waals surface area contributed by atoms with Crippen LogP contribution in [0.3, 0.4) is 0 Å². The molecule has 28 heavy (non-hydrogen) atoms. The Morgan fingerprint density at radius 3 is 2.32 bits per heavy atom. The van der Waals surface area contributed by atoms with Gasteiger partial charge in [0.2, 0.25) is 0 Å². The summed E-state index contributed by atoms with van der Waals surface area (Å²) in [6, 6.07) is 9.36. The van der Waals surface area contributed by atoms with Crippen molar-refractivity contribution in [1.82, 2.24) is 4.90 Å². The van der Waals surface area contributed by atoms with E-state index in [1.165, 1.54) is 47.4 Å². The van der Waals surface area contributed by atoms with Crippen molar-refractivity contribution in [3.05, 3.63) is 63.7 Å². The van der Waals surface area contributed by atoms with E-state index < -0.39 is 16.9 Å². The molecule has 1 heterocycles. The van der Waals surface area contributed by atoms with Gasteiger partial charge >= 0.3 is 6.03 Å². The van der Waals surface area contributed by atoms with Gasteiger partial charge in [-0.3, -0.25) is 24.6 Å². The topological polar surface area (TPSA) is 122 Å². The standard InChI is InChI=1S/C19H18N4O5/c1-11(2)10-22-17(24)15-7-6-13(9-16(15)18(22)25)21-19(26)20-12-4-3-5-14(8-12)23(27)28/h3-9,11H,10H2,1-2H3,(H2,20,21,26). The Morgan fingerprint density at radius 1 is 1.04 bits per heavy atom. The van der Waals surface area contributed by atoms with Crippen LogP contribution in [0.2, 0.25) is 0 Å². The highest BCUT2D eigenvalue weighted by molar-refractivity contribution is 6.22. The van der Waals surface area contributed by atoms with Crippen molar-refractivity contribution in [2.45, 2.75) is 13.8 Å². The summed E-state index contributed by atoms with van der Waals surface area (Å²) < 4.78 is 0. The summed E-state index contributed by atoms with van der Waals surface area (Å²) in [5.41, 5.74) is 0.968. The van der Waals surface area contributed by atoms with E-state index >= 15 is 0 Å². The molecule has 0 aliphatic carbocycles. The van der Waals surface area contributed by atoms with Gasteiger partial charge in [0.05, 0.1) is 16.1 Å². The monoisotopic (exact) mass is 382 g/mol. The lowest BCUT2D eigenvalue weighted by Crippen LogP contribution is -2.33. The second-order valence-corrected chi connectivity index (χ2v) is 6.76. The molecule has 2 N–H and O–H groups in total. The molecular formula is C19H18N4O5. The summed E-state index contributed by atoms with van der Waals surface area (Å²) in [6.07, 6.45) is 0. The Labute approximate surface area is 160 Å². The molecule has 0 bridgehead atoms. The molecule has 0 radical (unpaired) electrons. The minimum Gasteiger partial charge on any atom is -0.308 e. The highest BCUT2D eigenvalue weighted by Gasteiger charge is 2.35. The summed E-state index contributed by atoms with van der Waals surface area (Å²) in [5.74, 6) is -0.599. The third kappa shape index (κ3) is 3.83. The van der Waals surface area contributed by atoms with Gasteiger partial charge < -0.3 is 10.6 Å². The molecule has 0 atom stereocenters. The van der Waals surface area contributed by atoms with Gasteiger partial charge in [-0.1, -0.05) is 19.9 Å². The molecule has 9 nitrogen and oxygen atoms in total. The average Bonchev–Trinajstić information content (AvgIpc) is 2.86. The fraction of sp³-hybridized carbons (Fsp3) is 0.211. The number of nitrogens with zero attached hydrogens (tertiary/aromatic N) is 2. The van der Waals surface area contributed by atoms with Crippen molar-refractivity contribution in [2.75, 3.05) is 17.2 Å². The summed E-state index contributed by atoms with van der Waals surface area (Å²) in [4.78, 5) is 48.4.